The standard InChI is InChI=1S/C18H26N2O/c1-17(2)12-6-7-18(17,3)13(9-12)20-15-11-5-4-10(8-11)14(15)16(21)19-20/h10-12,14-15H,4-9H2,1-3H3/p+1/b20-13-/t10-,11+,12?,14+,15-,18?/m1/s1. The first-order valence-corrected chi connectivity index (χ1v) is 8.89. The number of hydrogen-bond donors (Lipinski definition) is 1. The number of hydrazone groups is 1. The van der Waals surface area contributed by atoms with Crippen molar-refractivity contribution >= 4 is 11.6 Å². The number of amides is 1. The number of carbonyl (C=O) groups excluding carboxylic acids is 1. The molecule has 0 spiro atoms. The lowest BCUT2D eigenvalue weighted by atomic mass is 9.70. The van der Waals surface area contributed by atoms with Crippen LogP contribution in [0.3, 0.4) is 0 Å². The number of carbonyl (C=O) groups is 1. The van der Waals surface area contributed by atoms with E-state index in [1.807, 2.05) is 0 Å². The van der Waals surface area contributed by atoms with Gasteiger partial charge in [0.15, 0.2) is 11.8 Å². The van der Waals surface area contributed by atoms with Crippen LogP contribution >= 0.6 is 0 Å². The first-order chi connectivity index (χ1) is 9.93. The quantitative estimate of drug-likeness (QED) is 0.683. The molecule has 21 heavy (non-hydrogen) atoms. The van der Waals surface area contributed by atoms with Crippen LogP contribution in [0.4, 0.5) is 0 Å². The van der Waals surface area contributed by atoms with Gasteiger partial charge in [-0.15, -0.1) is 10.1 Å². The molecular weight excluding hydrogens is 260 g/mol. The van der Waals surface area contributed by atoms with Gasteiger partial charge in [-0.3, -0.25) is 4.79 Å². The minimum absolute atomic E-state index is 0.293. The molecule has 0 aromatic heterocycles. The Morgan fingerprint density at radius 3 is 2.57 bits per heavy atom. The lowest BCUT2D eigenvalue weighted by molar-refractivity contribution is -0.606. The lowest BCUT2D eigenvalue weighted by Crippen LogP contribution is -2.45. The highest BCUT2D eigenvalue weighted by molar-refractivity contribution is 5.92. The Kier molecular flexibility index (Phi) is 2.14. The molecule has 4 bridgehead atoms. The predicted octanol–water partition coefficient (Wildman–Crippen LogP) is 2.75. The fourth-order valence-electron chi connectivity index (χ4n) is 6.81. The normalized spacial score (nSPS) is 56.1. The second-order valence-corrected chi connectivity index (χ2v) is 9.14. The molecule has 114 valence electrons. The van der Waals surface area contributed by atoms with Crippen molar-refractivity contribution < 1.29 is 9.48 Å². The number of nitrogens with one attached hydrogen (secondary N) is 1. The van der Waals surface area contributed by atoms with E-state index in [1.165, 1.54) is 38.5 Å². The van der Waals surface area contributed by atoms with Crippen molar-refractivity contribution in [2.45, 2.75) is 65.3 Å². The molecule has 3 nitrogen and oxygen atoms in total. The second kappa shape index (κ2) is 3.55. The second-order valence-electron chi connectivity index (χ2n) is 9.14. The van der Waals surface area contributed by atoms with Gasteiger partial charge in [0.25, 0.3) is 5.91 Å². The van der Waals surface area contributed by atoms with Crippen LogP contribution in [0.25, 0.3) is 0 Å². The Balaban J connectivity index is 1.64. The van der Waals surface area contributed by atoms with E-state index in [1.54, 1.807) is 5.71 Å². The first-order valence-electron chi connectivity index (χ1n) is 8.89. The number of rotatable bonds is 0. The Labute approximate surface area is 127 Å². The summed E-state index contributed by atoms with van der Waals surface area (Å²) in [7, 11) is 0. The maximum atomic E-state index is 12.5. The molecule has 1 aliphatic heterocycles. The van der Waals surface area contributed by atoms with Crippen LogP contribution in [0.2, 0.25) is 0 Å². The largest absolute Gasteiger partial charge is 0.284 e. The van der Waals surface area contributed by atoms with Gasteiger partial charge in [-0.25, -0.2) is 0 Å². The molecule has 3 heteroatoms. The van der Waals surface area contributed by atoms with Crippen molar-refractivity contribution in [2.24, 2.45) is 34.5 Å². The van der Waals surface area contributed by atoms with Crippen LogP contribution in [0, 0.1) is 34.5 Å². The van der Waals surface area contributed by atoms with Crippen molar-refractivity contribution in [3.05, 3.63) is 0 Å². The van der Waals surface area contributed by atoms with Crippen molar-refractivity contribution in [3.63, 3.8) is 0 Å². The van der Waals surface area contributed by atoms with Crippen LogP contribution in [-0.4, -0.2) is 22.3 Å². The maximum absolute atomic E-state index is 12.5. The Hall–Kier alpha value is -0.860. The van der Waals surface area contributed by atoms with Crippen LogP contribution in [0.1, 0.15) is 59.3 Å². The zero-order valence-corrected chi connectivity index (χ0v) is 13.5. The first kappa shape index (κ1) is 12.7. The van der Waals surface area contributed by atoms with E-state index in [-0.39, 0.29) is 0 Å². The third-order valence-electron chi connectivity index (χ3n) is 8.51. The smallest absolute Gasteiger partial charge is 0.269 e. The molecule has 0 radical (unpaired) electrons. The van der Waals surface area contributed by atoms with E-state index in [2.05, 4.69) is 30.9 Å². The average Bonchev–Trinajstić information content (AvgIpc) is 3.17. The maximum Gasteiger partial charge on any atom is 0.284 e. The van der Waals surface area contributed by atoms with Crippen molar-refractivity contribution in [2.75, 3.05) is 0 Å². The summed E-state index contributed by atoms with van der Waals surface area (Å²) < 4.78 is 2.40. The van der Waals surface area contributed by atoms with Gasteiger partial charge in [-0.2, -0.15) is 0 Å². The zero-order chi connectivity index (χ0) is 14.6. The van der Waals surface area contributed by atoms with E-state index in [9.17, 15) is 4.79 Å². The summed E-state index contributed by atoms with van der Waals surface area (Å²) in [6.07, 6.45) is 7.81. The minimum atomic E-state index is 0.293. The summed E-state index contributed by atoms with van der Waals surface area (Å²) in [5.41, 5.74) is 5.56. The van der Waals surface area contributed by atoms with Crippen molar-refractivity contribution in [1.29, 1.82) is 0 Å². The fraction of sp³-hybridized carbons (Fsp3) is 0.889. The van der Waals surface area contributed by atoms with Crippen LogP contribution in [-0.2, 0) is 4.79 Å². The Morgan fingerprint density at radius 1 is 1.14 bits per heavy atom. The summed E-state index contributed by atoms with van der Waals surface area (Å²) in [5.74, 6) is 2.86. The summed E-state index contributed by atoms with van der Waals surface area (Å²) in [6.45, 7) is 7.36. The van der Waals surface area contributed by atoms with Crippen LogP contribution in [0.5, 0.6) is 0 Å². The summed E-state index contributed by atoms with van der Waals surface area (Å²) in [6, 6.07) is 0.484. The van der Waals surface area contributed by atoms with Gasteiger partial charge in [0.05, 0.1) is 5.41 Å². The van der Waals surface area contributed by atoms with Gasteiger partial charge >= 0.3 is 0 Å². The molecule has 2 unspecified atom stereocenters. The lowest BCUT2D eigenvalue weighted by Gasteiger charge is -2.33. The Bertz CT molecular complexity index is 578. The summed E-state index contributed by atoms with van der Waals surface area (Å²) >= 11 is 0. The van der Waals surface area contributed by atoms with E-state index < -0.39 is 0 Å². The highest BCUT2D eigenvalue weighted by Gasteiger charge is 2.68. The van der Waals surface area contributed by atoms with E-state index in [0.717, 1.165) is 11.8 Å². The number of hydrazine groups is 1. The van der Waals surface area contributed by atoms with Gasteiger partial charge in [-0.05, 0) is 56.3 Å². The summed E-state index contributed by atoms with van der Waals surface area (Å²) in [5, 5.41) is 0. The highest BCUT2D eigenvalue weighted by atomic mass is 16.2. The highest BCUT2D eigenvalue weighted by Crippen LogP contribution is 2.64. The fourth-order valence-corrected chi connectivity index (χ4v) is 6.81. The third-order valence-corrected chi connectivity index (χ3v) is 8.51. The minimum Gasteiger partial charge on any atom is -0.269 e. The van der Waals surface area contributed by atoms with E-state index >= 15 is 0 Å². The molecule has 1 saturated heterocycles. The molecule has 5 rings (SSSR count). The SMILES string of the molecule is CC12CCC(C/C1=[N+]1/NC(=O)[C@H]3[C@@H]4CC[C@@H](C4)[C@H]31)C2(C)C. The molecule has 6 atom stereocenters. The van der Waals surface area contributed by atoms with E-state index in [0.29, 0.717) is 34.6 Å². The molecule has 1 amide bonds. The van der Waals surface area contributed by atoms with Crippen LogP contribution in [0.15, 0.2) is 0 Å². The zero-order valence-electron chi connectivity index (χ0n) is 13.5. The van der Waals surface area contributed by atoms with Crippen molar-refractivity contribution in [3.8, 4) is 0 Å². The predicted molar refractivity (Wildman–Crippen MR) is 80.7 cm³/mol. The molecule has 0 aromatic carbocycles. The number of hydrogen-bond acceptors (Lipinski definition) is 1. The molecule has 1 heterocycles. The van der Waals surface area contributed by atoms with Crippen LogP contribution < -0.4 is 5.43 Å². The van der Waals surface area contributed by atoms with E-state index in [4.69, 9.17) is 0 Å². The van der Waals surface area contributed by atoms with Gasteiger partial charge in [0, 0.05) is 12.3 Å². The average molecular weight is 287 g/mol. The molecular formula is C18H27N2O+. The van der Waals surface area contributed by atoms with Crippen molar-refractivity contribution in [1.82, 2.24) is 5.43 Å². The summed E-state index contributed by atoms with van der Waals surface area (Å²) in [4.78, 5) is 12.5. The molecule has 0 aromatic rings. The van der Waals surface area contributed by atoms with Gasteiger partial charge < -0.3 is 0 Å². The number of fused-ring (bicyclic) bond motifs is 7. The number of nitrogens with zero attached hydrogens (tertiary/aromatic N) is 1. The molecule has 5 aliphatic rings. The van der Waals surface area contributed by atoms with Gasteiger partial charge in [0.1, 0.15) is 5.92 Å². The monoisotopic (exact) mass is 287 g/mol. The molecule has 1 N–H and O–H groups in total. The van der Waals surface area contributed by atoms with Gasteiger partial charge in [0.2, 0.25) is 0 Å². The van der Waals surface area contributed by atoms with Gasteiger partial charge in [-0.1, -0.05) is 13.8 Å². The molecule has 4 aliphatic carbocycles. The molecule has 4 saturated carbocycles. The third kappa shape index (κ3) is 1.25. The topological polar surface area (TPSA) is 32.1 Å². The molecule has 5 fully saturated rings. The Morgan fingerprint density at radius 2 is 1.90 bits per heavy atom.